The molecule has 6 heteroatoms. The first-order valence-corrected chi connectivity index (χ1v) is 9.43. The Hall–Kier alpha value is -2.31. The van der Waals surface area contributed by atoms with Gasteiger partial charge in [0.1, 0.15) is 5.75 Å². The van der Waals surface area contributed by atoms with E-state index in [1.54, 1.807) is 0 Å². The standard InChI is InChI=1S/C20H26N4OS/c21-20(26)22-17-7-9-19(10-8-17)25-16-4-11-23-12-14-24(15-13-23)18-5-2-1-3-6-18/h1-3,5-10H,4,11-16H2,(H3,21,22,26). The Morgan fingerprint density at radius 1 is 1.00 bits per heavy atom. The van der Waals surface area contributed by atoms with Crippen LogP contribution in [-0.4, -0.2) is 49.3 Å². The first kappa shape index (κ1) is 18.5. The van der Waals surface area contributed by atoms with Crippen LogP contribution in [0.2, 0.25) is 0 Å². The molecule has 5 nitrogen and oxygen atoms in total. The molecule has 2 aromatic carbocycles. The summed E-state index contributed by atoms with van der Waals surface area (Å²) in [6, 6.07) is 18.3. The number of para-hydroxylation sites is 1. The maximum atomic E-state index is 5.82. The lowest BCUT2D eigenvalue weighted by Crippen LogP contribution is -2.46. The molecular formula is C20H26N4OS. The Bertz CT molecular complexity index is 685. The van der Waals surface area contributed by atoms with Crippen LogP contribution < -0.4 is 20.7 Å². The van der Waals surface area contributed by atoms with E-state index in [0.29, 0.717) is 0 Å². The number of benzene rings is 2. The number of nitrogens with one attached hydrogen (secondary N) is 1. The predicted octanol–water partition coefficient (Wildman–Crippen LogP) is 2.93. The predicted molar refractivity (Wildman–Crippen MR) is 112 cm³/mol. The average Bonchev–Trinajstić information content (AvgIpc) is 2.67. The van der Waals surface area contributed by atoms with Gasteiger partial charge in [-0.3, -0.25) is 4.90 Å². The number of piperazine rings is 1. The summed E-state index contributed by atoms with van der Waals surface area (Å²) < 4.78 is 5.82. The molecule has 3 N–H and O–H groups in total. The SMILES string of the molecule is NC(=S)Nc1ccc(OCCCN2CCN(c3ccccc3)CC2)cc1. The van der Waals surface area contributed by atoms with Crippen molar-refractivity contribution in [2.24, 2.45) is 5.73 Å². The highest BCUT2D eigenvalue weighted by Gasteiger charge is 2.16. The fraction of sp³-hybridized carbons (Fsp3) is 0.350. The van der Waals surface area contributed by atoms with E-state index >= 15 is 0 Å². The number of nitrogens with two attached hydrogens (primary N) is 1. The van der Waals surface area contributed by atoms with Crippen molar-refractivity contribution >= 4 is 28.7 Å². The number of hydrogen-bond acceptors (Lipinski definition) is 4. The molecule has 0 aromatic heterocycles. The number of hydrogen-bond donors (Lipinski definition) is 2. The highest BCUT2D eigenvalue weighted by molar-refractivity contribution is 7.80. The Kier molecular flexibility index (Phi) is 6.68. The summed E-state index contributed by atoms with van der Waals surface area (Å²) in [5.74, 6) is 0.868. The van der Waals surface area contributed by atoms with Crippen LogP contribution in [-0.2, 0) is 0 Å². The second-order valence-corrected chi connectivity index (χ2v) is 6.82. The molecule has 3 rings (SSSR count). The minimum absolute atomic E-state index is 0.269. The summed E-state index contributed by atoms with van der Waals surface area (Å²) in [6.45, 7) is 6.18. The highest BCUT2D eigenvalue weighted by atomic mass is 32.1. The maximum absolute atomic E-state index is 5.82. The summed E-state index contributed by atoms with van der Waals surface area (Å²) in [5, 5.41) is 3.17. The Morgan fingerprint density at radius 2 is 1.69 bits per heavy atom. The minimum atomic E-state index is 0.269. The lowest BCUT2D eigenvalue weighted by Gasteiger charge is -2.36. The molecule has 0 bridgehead atoms. The third-order valence-corrected chi connectivity index (χ3v) is 4.60. The van der Waals surface area contributed by atoms with Gasteiger partial charge in [0.15, 0.2) is 5.11 Å². The van der Waals surface area contributed by atoms with E-state index in [0.717, 1.165) is 57.2 Å². The molecule has 1 heterocycles. The molecule has 1 aliphatic rings. The fourth-order valence-corrected chi connectivity index (χ4v) is 3.24. The second kappa shape index (κ2) is 9.40. The number of nitrogens with zero attached hydrogens (tertiary/aromatic N) is 2. The Morgan fingerprint density at radius 3 is 2.35 bits per heavy atom. The van der Waals surface area contributed by atoms with Gasteiger partial charge in [-0.15, -0.1) is 0 Å². The third kappa shape index (κ3) is 5.61. The van der Waals surface area contributed by atoms with Gasteiger partial charge in [-0.05, 0) is 55.0 Å². The van der Waals surface area contributed by atoms with Crippen LogP contribution in [0.5, 0.6) is 5.75 Å². The molecule has 138 valence electrons. The third-order valence-electron chi connectivity index (χ3n) is 4.50. The fourth-order valence-electron chi connectivity index (χ4n) is 3.12. The summed E-state index contributed by atoms with van der Waals surface area (Å²) in [6.07, 6.45) is 1.03. The largest absolute Gasteiger partial charge is 0.494 e. The van der Waals surface area contributed by atoms with E-state index in [2.05, 4.69) is 45.4 Å². The average molecular weight is 371 g/mol. The van der Waals surface area contributed by atoms with E-state index in [9.17, 15) is 0 Å². The monoisotopic (exact) mass is 370 g/mol. The number of ether oxygens (including phenoxy) is 1. The molecule has 0 amide bonds. The van der Waals surface area contributed by atoms with Crippen molar-refractivity contribution in [3.05, 3.63) is 54.6 Å². The molecular weight excluding hydrogens is 344 g/mol. The molecule has 0 radical (unpaired) electrons. The van der Waals surface area contributed by atoms with Crippen molar-refractivity contribution in [1.82, 2.24) is 4.90 Å². The molecule has 0 unspecified atom stereocenters. The van der Waals surface area contributed by atoms with Gasteiger partial charge >= 0.3 is 0 Å². The van der Waals surface area contributed by atoms with Gasteiger partial charge in [0.25, 0.3) is 0 Å². The molecule has 1 fully saturated rings. The van der Waals surface area contributed by atoms with Crippen LogP contribution in [0.25, 0.3) is 0 Å². The van der Waals surface area contributed by atoms with Crippen LogP contribution in [0, 0.1) is 0 Å². The Balaban J connectivity index is 1.33. The summed E-state index contributed by atoms with van der Waals surface area (Å²) >= 11 is 4.82. The summed E-state index contributed by atoms with van der Waals surface area (Å²) in [5.41, 5.74) is 7.65. The van der Waals surface area contributed by atoms with Crippen LogP contribution in [0.15, 0.2) is 54.6 Å². The first-order chi connectivity index (χ1) is 12.7. The molecule has 0 atom stereocenters. The molecule has 0 spiro atoms. The molecule has 0 aliphatic carbocycles. The van der Waals surface area contributed by atoms with Crippen LogP contribution >= 0.6 is 12.2 Å². The van der Waals surface area contributed by atoms with Crippen molar-refractivity contribution in [1.29, 1.82) is 0 Å². The van der Waals surface area contributed by atoms with Crippen LogP contribution in [0.4, 0.5) is 11.4 Å². The molecule has 26 heavy (non-hydrogen) atoms. The first-order valence-electron chi connectivity index (χ1n) is 9.02. The van der Waals surface area contributed by atoms with Gasteiger partial charge < -0.3 is 20.7 Å². The topological polar surface area (TPSA) is 53.8 Å². The van der Waals surface area contributed by atoms with Gasteiger partial charge in [0, 0.05) is 44.1 Å². The zero-order chi connectivity index (χ0) is 18.2. The summed E-state index contributed by atoms with van der Waals surface area (Å²) in [7, 11) is 0. The number of rotatable bonds is 7. The van der Waals surface area contributed by atoms with E-state index in [1.807, 2.05) is 24.3 Å². The smallest absolute Gasteiger partial charge is 0.168 e. The summed E-state index contributed by atoms with van der Waals surface area (Å²) in [4.78, 5) is 4.97. The highest BCUT2D eigenvalue weighted by Crippen LogP contribution is 2.17. The van der Waals surface area contributed by atoms with E-state index in [1.165, 1.54) is 5.69 Å². The lowest BCUT2D eigenvalue weighted by molar-refractivity contribution is 0.225. The quantitative estimate of drug-likeness (QED) is 0.577. The van der Waals surface area contributed by atoms with Crippen LogP contribution in [0.1, 0.15) is 6.42 Å². The van der Waals surface area contributed by atoms with Gasteiger partial charge in [0.05, 0.1) is 6.61 Å². The van der Waals surface area contributed by atoms with Gasteiger partial charge in [-0.1, -0.05) is 18.2 Å². The van der Waals surface area contributed by atoms with Crippen LogP contribution in [0.3, 0.4) is 0 Å². The van der Waals surface area contributed by atoms with Crippen molar-refractivity contribution < 1.29 is 4.74 Å². The number of thiocarbonyl (C=S) groups is 1. The zero-order valence-corrected chi connectivity index (χ0v) is 15.8. The zero-order valence-electron chi connectivity index (χ0n) is 14.9. The van der Waals surface area contributed by atoms with E-state index < -0.39 is 0 Å². The van der Waals surface area contributed by atoms with Crippen molar-refractivity contribution in [2.45, 2.75) is 6.42 Å². The van der Waals surface area contributed by atoms with Gasteiger partial charge in [0.2, 0.25) is 0 Å². The Labute approximate surface area is 160 Å². The molecule has 1 saturated heterocycles. The molecule has 1 aliphatic heterocycles. The van der Waals surface area contributed by atoms with Crippen molar-refractivity contribution in [3.63, 3.8) is 0 Å². The number of anilines is 2. The van der Waals surface area contributed by atoms with Crippen molar-refractivity contribution in [2.75, 3.05) is 49.5 Å². The molecule has 0 saturated carbocycles. The van der Waals surface area contributed by atoms with Crippen molar-refractivity contribution in [3.8, 4) is 5.75 Å². The maximum Gasteiger partial charge on any atom is 0.168 e. The van der Waals surface area contributed by atoms with Gasteiger partial charge in [-0.2, -0.15) is 0 Å². The minimum Gasteiger partial charge on any atom is -0.494 e. The molecule has 2 aromatic rings. The van der Waals surface area contributed by atoms with Gasteiger partial charge in [-0.25, -0.2) is 0 Å². The normalized spacial score (nSPS) is 14.8. The van der Waals surface area contributed by atoms with E-state index in [4.69, 9.17) is 22.7 Å². The lowest BCUT2D eigenvalue weighted by atomic mass is 10.2. The van der Waals surface area contributed by atoms with E-state index in [-0.39, 0.29) is 5.11 Å². The second-order valence-electron chi connectivity index (χ2n) is 6.38.